The summed E-state index contributed by atoms with van der Waals surface area (Å²) in [4.78, 5) is 12.0. The van der Waals surface area contributed by atoms with Crippen LogP contribution in [0, 0.1) is 5.92 Å². The van der Waals surface area contributed by atoms with Crippen LogP contribution in [0.5, 0.6) is 0 Å². The standard InChI is InChI=1S/C10H16N4O/c15-10-9-4-5-11-14(9)7-12-13(10)6-8-2-1-3-8/h7-9,11H,1-6H2. The minimum atomic E-state index is -0.0115. The van der Waals surface area contributed by atoms with Gasteiger partial charge < -0.3 is 0 Å². The Labute approximate surface area is 89.1 Å². The van der Waals surface area contributed by atoms with Crippen molar-refractivity contribution in [3.63, 3.8) is 0 Å². The highest BCUT2D eigenvalue weighted by Crippen LogP contribution is 2.28. The molecule has 0 aromatic carbocycles. The normalized spacial score (nSPS) is 30.7. The fourth-order valence-electron chi connectivity index (χ4n) is 2.35. The highest BCUT2D eigenvalue weighted by Gasteiger charge is 2.37. The van der Waals surface area contributed by atoms with Gasteiger partial charge in [0.25, 0.3) is 5.91 Å². The summed E-state index contributed by atoms with van der Waals surface area (Å²) in [5.74, 6) is 0.849. The maximum absolute atomic E-state index is 12.0. The Kier molecular flexibility index (Phi) is 2.12. The van der Waals surface area contributed by atoms with Crippen LogP contribution in [0.2, 0.25) is 0 Å². The third kappa shape index (κ3) is 1.51. The molecule has 2 aliphatic heterocycles. The van der Waals surface area contributed by atoms with Gasteiger partial charge in [-0.3, -0.25) is 9.80 Å². The molecule has 5 heteroatoms. The zero-order valence-electron chi connectivity index (χ0n) is 8.72. The summed E-state index contributed by atoms with van der Waals surface area (Å²) in [6.07, 6.45) is 6.47. The molecule has 0 aromatic rings. The van der Waals surface area contributed by atoms with E-state index in [0.29, 0.717) is 5.92 Å². The summed E-state index contributed by atoms with van der Waals surface area (Å²) < 4.78 is 0. The first kappa shape index (κ1) is 9.15. The Bertz CT molecular complexity index is 300. The number of nitrogens with zero attached hydrogens (tertiary/aromatic N) is 3. The molecule has 82 valence electrons. The van der Waals surface area contributed by atoms with Crippen molar-refractivity contribution in [2.75, 3.05) is 13.1 Å². The fourth-order valence-corrected chi connectivity index (χ4v) is 2.35. The summed E-state index contributed by atoms with van der Waals surface area (Å²) in [7, 11) is 0. The molecular weight excluding hydrogens is 192 g/mol. The van der Waals surface area contributed by atoms with E-state index in [1.807, 2.05) is 5.01 Å². The molecule has 0 bridgehead atoms. The number of hydrogen-bond donors (Lipinski definition) is 1. The van der Waals surface area contributed by atoms with Gasteiger partial charge in [-0.15, -0.1) is 0 Å². The van der Waals surface area contributed by atoms with Crippen LogP contribution in [0.4, 0.5) is 0 Å². The van der Waals surface area contributed by atoms with Crippen LogP contribution in [0.1, 0.15) is 25.7 Å². The lowest BCUT2D eigenvalue weighted by molar-refractivity contribution is -0.137. The number of hydrazine groups is 1. The van der Waals surface area contributed by atoms with Gasteiger partial charge in [-0.25, -0.2) is 10.4 Å². The maximum Gasteiger partial charge on any atom is 0.267 e. The van der Waals surface area contributed by atoms with Crippen LogP contribution in [0.25, 0.3) is 0 Å². The Morgan fingerprint density at radius 3 is 3.07 bits per heavy atom. The molecule has 0 aromatic heterocycles. The number of carbonyl (C=O) groups excluding carboxylic acids is 1. The molecule has 1 N–H and O–H groups in total. The molecule has 1 saturated heterocycles. The lowest BCUT2D eigenvalue weighted by atomic mass is 9.85. The summed E-state index contributed by atoms with van der Waals surface area (Å²) in [5, 5.41) is 7.69. The molecule has 2 heterocycles. The minimum Gasteiger partial charge on any atom is -0.284 e. The molecular formula is C10H16N4O. The van der Waals surface area contributed by atoms with Crippen LogP contribution < -0.4 is 5.43 Å². The van der Waals surface area contributed by atoms with E-state index in [-0.39, 0.29) is 11.9 Å². The number of nitrogens with one attached hydrogen (secondary N) is 1. The monoisotopic (exact) mass is 208 g/mol. The Hall–Kier alpha value is -1.10. The van der Waals surface area contributed by atoms with Gasteiger partial charge in [0, 0.05) is 13.1 Å². The fraction of sp³-hybridized carbons (Fsp3) is 0.800. The third-order valence-electron chi connectivity index (χ3n) is 3.56. The molecule has 1 aliphatic carbocycles. The van der Waals surface area contributed by atoms with Gasteiger partial charge in [0.05, 0.1) is 0 Å². The molecule has 15 heavy (non-hydrogen) atoms. The number of carbonyl (C=O) groups is 1. The molecule has 1 saturated carbocycles. The van der Waals surface area contributed by atoms with E-state index in [4.69, 9.17) is 0 Å². The van der Waals surface area contributed by atoms with Crippen LogP contribution in [-0.2, 0) is 4.79 Å². The number of amides is 1. The van der Waals surface area contributed by atoms with Gasteiger partial charge in [0.2, 0.25) is 0 Å². The van der Waals surface area contributed by atoms with Crippen molar-refractivity contribution >= 4 is 12.2 Å². The van der Waals surface area contributed by atoms with Crippen molar-refractivity contribution in [1.29, 1.82) is 0 Å². The highest BCUT2D eigenvalue weighted by molar-refractivity contribution is 5.87. The quantitative estimate of drug-likeness (QED) is 0.702. The summed E-state index contributed by atoms with van der Waals surface area (Å²) >= 11 is 0. The van der Waals surface area contributed by atoms with E-state index in [1.54, 1.807) is 11.3 Å². The van der Waals surface area contributed by atoms with E-state index < -0.39 is 0 Å². The number of hydrazone groups is 1. The molecule has 0 spiro atoms. The lowest BCUT2D eigenvalue weighted by Crippen LogP contribution is -2.51. The third-order valence-corrected chi connectivity index (χ3v) is 3.56. The zero-order chi connectivity index (χ0) is 10.3. The highest BCUT2D eigenvalue weighted by atomic mass is 16.2. The number of hydrogen-bond acceptors (Lipinski definition) is 4. The van der Waals surface area contributed by atoms with Gasteiger partial charge >= 0.3 is 0 Å². The van der Waals surface area contributed by atoms with Crippen molar-refractivity contribution in [3.8, 4) is 0 Å². The van der Waals surface area contributed by atoms with Gasteiger partial charge in [-0.05, 0) is 25.2 Å². The average Bonchev–Trinajstić information content (AvgIpc) is 2.62. The Morgan fingerprint density at radius 2 is 2.33 bits per heavy atom. The SMILES string of the molecule is O=C1C2CCNN2C=NN1CC1CCC1. The van der Waals surface area contributed by atoms with Crippen molar-refractivity contribution in [2.24, 2.45) is 11.0 Å². The summed E-state index contributed by atoms with van der Waals surface area (Å²) in [6, 6.07) is -0.0115. The van der Waals surface area contributed by atoms with Crippen molar-refractivity contribution in [2.45, 2.75) is 31.7 Å². The van der Waals surface area contributed by atoms with Crippen molar-refractivity contribution in [1.82, 2.24) is 15.4 Å². The van der Waals surface area contributed by atoms with E-state index >= 15 is 0 Å². The van der Waals surface area contributed by atoms with Gasteiger partial charge in [-0.1, -0.05) is 6.42 Å². The van der Waals surface area contributed by atoms with E-state index in [1.165, 1.54) is 19.3 Å². The van der Waals surface area contributed by atoms with E-state index in [2.05, 4.69) is 10.5 Å². The van der Waals surface area contributed by atoms with Crippen molar-refractivity contribution in [3.05, 3.63) is 0 Å². The molecule has 1 unspecified atom stereocenters. The van der Waals surface area contributed by atoms with E-state index in [0.717, 1.165) is 19.5 Å². The van der Waals surface area contributed by atoms with Crippen LogP contribution in [-0.4, -0.2) is 41.4 Å². The second kappa shape index (κ2) is 3.48. The zero-order valence-corrected chi connectivity index (χ0v) is 8.72. The first-order valence-electron chi connectivity index (χ1n) is 5.72. The Balaban J connectivity index is 1.68. The van der Waals surface area contributed by atoms with Gasteiger partial charge in [0.1, 0.15) is 12.4 Å². The smallest absolute Gasteiger partial charge is 0.267 e. The van der Waals surface area contributed by atoms with E-state index in [9.17, 15) is 4.79 Å². The van der Waals surface area contributed by atoms with Crippen molar-refractivity contribution < 1.29 is 4.79 Å². The van der Waals surface area contributed by atoms with Crippen LogP contribution in [0.3, 0.4) is 0 Å². The first-order valence-corrected chi connectivity index (χ1v) is 5.72. The summed E-state index contributed by atoms with van der Waals surface area (Å²) in [5.41, 5.74) is 3.13. The van der Waals surface area contributed by atoms with Crippen LogP contribution >= 0.6 is 0 Å². The molecule has 3 rings (SSSR count). The largest absolute Gasteiger partial charge is 0.284 e. The lowest BCUT2D eigenvalue weighted by Gasteiger charge is -2.34. The average molecular weight is 208 g/mol. The second-order valence-electron chi connectivity index (χ2n) is 4.57. The topological polar surface area (TPSA) is 47.9 Å². The first-order chi connectivity index (χ1) is 7.34. The second-order valence-corrected chi connectivity index (χ2v) is 4.57. The molecule has 2 fully saturated rings. The minimum absolute atomic E-state index is 0.0115. The van der Waals surface area contributed by atoms with Gasteiger partial charge in [-0.2, -0.15) is 5.10 Å². The molecule has 0 radical (unpaired) electrons. The summed E-state index contributed by atoms with van der Waals surface area (Å²) in [6.45, 7) is 1.69. The molecule has 3 aliphatic rings. The van der Waals surface area contributed by atoms with Gasteiger partial charge in [0.15, 0.2) is 0 Å². The number of rotatable bonds is 2. The molecule has 1 amide bonds. The maximum atomic E-state index is 12.0. The Morgan fingerprint density at radius 1 is 1.47 bits per heavy atom. The predicted octanol–water partition coefficient (Wildman–Crippen LogP) is 0.151. The molecule has 1 atom stereocenters. The predicted molar refractivity (Wildman–Crippen MR) is 55.8 cm³/mol. The molecule has 5 nitrogen and oxygen atoms in total. The number of fused-ring (bicyclic) bond motifs is 1. The van der Waals surface area contributed by atoms with Crippen LogP contribution in [0.15, 0.2) is 5.10 Å².